The summed E-state index contributed by atoms with van der Waals surface area (Å²) in [5, 5.41) is 4.96. The molecule has 0 spiro atoms. The van der Waals surface area contributed by atoms with Crippen molar-refractivity contribution >= 4 is 34.9 Å². The van der Waals surface area contributed by atoms with Crippen LogP contribution in [0.1, 0.15) is 31.2 Å². The number of hydrogen-bond donors (Lipinski definition) is 2. The number of amides is 2. The van der Waals surface area contributed by atoms with E-state index < -0.39 is 5.91 Å². The molecule has 6 heteroatoms. The van der Waals surface area contributed by atoms with Crippen LogP contribution >= 0.6 is 23.1 Å². The fourth-order valence-electron chi connectivity index (χ4n) is 2.44. The standard InChI is InChI=1S/C20H18N2O2S2/c21-19(23)15-6-3-5-14(11-15)12-22-20(24)17-8-1-2-9-18(17)26-13-16-7-4-10-25-16/h1-11H,12-13H2,(H2,21,23)(H,22,24). The maximum Gasteiger partial charge on any atom is 0.252 e. The van der Waals surface area contributed by atoms with Crippen molar-refractivity contribution in [1.29, 1.82) is 0 Å². The molecule has 132 valence electrons. The number of hydrogen-bond acceptors (Lipinski definition) is 4. The molecule has 0 aliphatic heterocycles. The van der Waals surface area contributed by atoms with Gasteiger partial charge in [0.1, 0.15) is 0 Å². The van der Waals surface area contributed by atoms with E-state index in [1.807, 2.05) is 36.4 Å². The lowest BCUT2D eigenvalue weighted by atomic mass is 10.1. The Morgan fingerprint density at radius 1 is 1.04 bits per heavy atom. The van der Waals surface area contributed by atoms with Gasteiger partial charge in [0.2, 0.25) is 5.91 Å². The van der Waals surface area contributed by atoms with Crippen molar-refractivity contribution in [2.75, 3.05) is 0 Å². The van der Waals surface area contributed by atoms with Crippen molar-refractivity contribution in [2.24, 2.45) is 5.73 Å². The highest BCUT2D eigenvalue weighted by molar-refractivity contribution is 7.98. The summed E-state index contributed by atoms with van der Waals surface area (Å²) in [5.74, 6) is 0.222. The van der Waals surface area contributed by atoms with E-state index in [1.165, 1.54) is 4.88 Å². The topological polar surface area (TPSA) is 72.2 Å². The molecule has 0 bridgehead atoms. The zero-order chi connectivity index (χ0) is 18.4. The quantitative estimate of drug-likeness (QED) is 0.605. The van der Waals surface area contributed by atoms with Crippen molar-refractivity contribution in [3.63, 3.8) is 0 Å². The predicted octanol–water partition coefficient (Wildman–Crippen LogP) is 4.07. The lowest BCUT2D eigenvalue weighted by Crippen LogP contribution is -2.23. The Hall–Kier alpha value is -2.57. The lowest BCUT2D eigenvalue weighted by Gasteiger charge is -2.10. The second kappa shape index (κ2) is 8.69. The molecule has 0 atom stereocenters. The minimum absolute atomic E-state index is 0.135. The lowest BCUT2D eigenvalue weighted by molar-refractivity contribution is 0.0947. The maximum atomic E-state index is 12.6. The zero-order valence-electron chi connectivity index (χ0n) is 14.0. The van der Waals surface area contributed by atoms with Gasteiger partial charge in [0, 0.05) is 27.6 Å². The third-order valence-corrected chi connectivity index (χ3v) is 5.93. The summed E-state index contributed by atoms with van der Waals surface area (Å²) in [6.07, 6.45) is 0. The Morgan fingerprint density at radius 3 is 2.65 bits per heavy atom. The molecule has 3 rings (SSSR count). The van der Waals surface area contributed by atoms with Crippen molar-refractivity contribution < 1.29 is 9.59 Å². The first-order chi connectivity index (χ1) is 12.6. The number of carbonyl (C=O) groups excluding carboxylic acids is 2. The molecule has 2 aromatic carbocycles. The SMILES string of the molecule is NC(=O)c1cccc(CNC(=O)c2ccccc2SCc2cccs2)c1. The molecule has 0 saturated carbocycles. The summed E-state index contributed by atoms with van der Waals surface area (Å²) in [4.78, 5) is 26.1. The molecule has 2 amide bonds. The largest absolute Gasteiger partial charge is 0.366 e. The van der Waals surface area contributed by atoms with Gasteiger partial charge in [0.15, 0.2) is 0 Å². The highest BCUT2D eigenvalue weighted by Crippen LogP contribution is 2.28. The minimum atomic E-state index is -0.478. The van der Waals surface area contributed by atoms with E-state index in [1.54, 1.807) is 41.3 Å². The van der Waals surface area contributed by atoms with Crippen molar-refractivity contribution in [3.05, 3.63) is 87.6 Å². The van der Waals surface area contributed by atoms with Gasteiger partial charge in [-0.05, 0) is 41.3 Å². The average Bonchev–Trinajstić information content (AvgIpc) is 3.18. The number of benzene rings is 2. The smallest absolute Gasteiger partial charge is 0.252 e. The highest BCUT2D eigenvalue weighted by atomic mass is 32.2. The highest BCUT2D eigenvalue weighted by Gasteiger charge is 2.12. The second-order valence-electron chi connectivity index (χ2n) is 5.61. The van der Waals surface area contributed by atoms with Gasteiger partial charge in [-0.25, -0.2) is 0 Å². The van der Waals surface area contributed by atoms with Crippen LogP contribution in [-0.2, 0) is 12.3 Å². The summed E-state index contributed by atoms with van der Waals surface area (Å²) in [6, 6.07) is 18.7. The van der Waals surface area contributed by atoms with Crippen LogP contribution in [0.3, 0.4) is 0 Å². The molecular formula is C20H18N2O2S2. The molecule has 0 saturated heterocycles. The van der Waals surface area contributed by atoms with E-state index in [-0.39, 0.29) is 5.91 Å². The van der Waals surface area contributed by atoms with Gasteiger partial charge in [-0.1, -0.05) is 30.3 Å². The fourth-order valence-corrected chi connectivity index (χ4v) is 4.26. The van der Waals surface area contributed by atoms with E-state index in [2.05, 4.69) is 16.8 Å². The van der Waals surface area contributed by atoms with Crippen LogP contribution in [-0.4, -0.2) is 11.8 Å². The fraction of sp³-hybridized carbons (Fsp3) is 0.100. The van der Waals surface area contributed by atoms with Gasteiger partial charge >= 0.3 is 0 Å². The summed E-state index contributed by atoms with van der Waals surface area (Å²) in [7, 11) is 0. The first-order valence-electron chi connectivity index (χ1n) is 8.04. The number of thioether (sulfide) groups is 1. The molecule has 1 heterocycles. The van der Waals surface area contributed by atoms with Gasteiger partial charge < -0.3 is 11.1 Å². The molecule has 0 fully saturated rings. The molecule has 0 aliphatic carbocycles. The summed E-state index contributed by atoms with van der Waals surface area (Å²) in [5.41, 5.74) is 7.21. The van der Waals surface area contributed by atoms with Gasteiger partial charge in [0.25, 0.3) is 5.91 Å². The summed E-state index contributed by atoms with van der Waals surface area (Å²) >= 11 is 3.36. The molecule has 4 nitrogen and oxygen atoms in total. The predicted molar refractivity (Wildman–Crippen MR) is 106 cm³/mol. The van der Waals surface area contributed by atoms with E-state index in [0.29, 0.717) is 17.7 Å². The third kappa shape index (κ3) is 4.74. The van der Waals surface area contributed by atoms with Crippen LogP contribution in [0.15, 0.2) is 70.9 Å². The first-order valence-corrected chi connectivity index (χ1v) is 9.91. The van der Waals surface area contributed by atoms with E-state index in [4.69, 9.17) is 5.73 Å². The molecule has 0 aliphatic rings. The summed E-state index contributed by atoms with van der Waals surface area (Å²) in [6.45, 7) is 0.337. The molecule has 1 aromatic heterocycles. The van der Waals surface area contributed by atoms with Gasteiger partial charge in [-0.3, -0.25) is 9.59 Å². The van der Waals surface area contributed by atoms with Crippen LogP contribution in [0.2, 0.25) is 0 Å². The number of carbonyl (C=O) groups is 2. The maximum absolute atomic E-state index is 12.6. The van der Waals surface area contributed by atoms with Crippen LogP contribution in [0.5, 0.6) is 0 Å². The first kappa shape index (κ1) is 18.2. The monoisotopic (exact) mass is 382 g/mol. The third-order valence-electron chi connectivity index (χ3n) is 3.75. The molecule has 3 aromatic rings. The van der Waals surface area contributed by atoms with Crippen LogP contribution in [0.4, 0.5) is 0 Å². The number of primary amides is 1. The Bertz CT molecular complexity index is 908. The Kier molecular flexibility index (Phi) is 6.09. The minimum Gasteiger partial charge on any atom is -0.366 e. The van der Waals surface area contributed by atoms with E-state index >= 15 is 0 Å². The van der Waals surface area contributed by atoms with Crippen LogP contribution in [0, 0.1) is 0 Å². The van der Waals surface area contributed by atoms with Crippen LogP contribution in [0.25, 0.3) is 0 Å². The van der Waals surface area contributed by atoms with Crippen LogP contribution < -0.4 is 11.1 Å². The normalized spacial score (nSPS) is 10.5. The average molecular weight is 383 g/mol. The Morgan fingerprint density at radius 2 is 1.88 bits per heavy atom. The molecule has 0 radical (unpaired) electrons. The van der Waals surface area contributed by atoms with Crippen molar-refractivity contribution in [3.8, 4) is 0 Å². The number of nitrogens with two attached hydrogens (primary N) is 1. The number of thiophene rings is 1. The van der Waals surface area contributed by atoms with Crippen molar-refractivity contribution in [2.45, 2.75) is 17.2 Å². The number of nitrogens with one attached hydrogen (secondary N) is 1. The van der Waals surface area contributed by atoms with E-state index in [0.717, 1.165) is 16.2 Å². The molecule has 3 N–H and O–H groups in total. The van der Waals surface area contributed by atoms with Crippen molar-refractivity contribution in [1.82, 2.24) is 5.32 Å². The van der Waals surface area contributed by atoms with Gasteiger partial charge in [0.05, 0.1) is 5.56 Å². The molecular weight excluding hydrogens is 364 g/mol. The summed E-state index contributed by atoms with van der Waals surface area (Å²) < 4.78 is 0. The Balaban J connectivity index is 1.66. The van der Waals surface area contributed by atoms with E-state index in [9.17, 15) is 9.59 Å². The Labute approximate surface area is 160 Å². The second-order valence-corrected chi connectivity index (χ2v) is 7.66. The number of rotatable bonds is 7. The van der Waals surface area contributed by atoms with Gasteiger partial charge in [-0.15, -0.1) is 23.1 Å². The van der Waals surface area contributed by atoms with Gasteiger partial charge in [-0.2, -0.15) is 0 Å². The molecule has 26 heavy (non-hydrogen) atoms. The molecule has 0 unspecified atom stereocenters. The zero-order valence-corrected chi connectivity index (χ0v) is 15.6.